The summed E-state index contributed by atoms with van der Waals surface area (Å²) in [6.07, 6.45) is 1.30. The predicted octanol–water partition coefficient (Wildman–Crippen LogP) is 2.97. The zero-order valence-electron chi connectivity index (χ0n) is 5.58. The molecule has 53 valence electrons. The molecule has 1 heterocycles. The van der Waals surface area contributed by atoms with Gasteiger partial charge in [-0.1, -0.05) is 13.0 Å². The van der Waals surface area contributed by atoms with Gasteiger partial charge >= 0.3 is 0 Å². The molecule has 1 saturated heterocycles. The smallest absolute Gasteiger partial charge is 0.163 e. The first kappa shape index (κ1) is 8.11. The summed E-state index contributed by atoms with van der Waals surface area (Å²) < 4.78 is 0. The summed E-state index contributed by atoms with van der Waals surface area (Å²) in [5, 5.41) is 0. The number of halogens is 2. The third kappa shape index (κ3) is 2.62. The van der Waals surface area contributed by atoms with Crippen LogP contribution in [-0.2, 0) is 0 Å². The Labute approximate surface area is 68.6 Å². The van der Waals surface area contributed by atoms with Gasteiger partial charge in [0.25, 0.3) is 0 Å². The second-order valence-electron chi connectivity index (χ2n) is 2.96. The molecule has 1 radical (unpaired) electrons. The summed E-state index contributed by atoms with van der Waals surface area (Å²) in [6, 6.07) is 2.57. The molecule has 0 spiro atoms. The first-order valence-electron chi connectivity index (χ1n) is 3.29. The zero-order valence-corrected chi connectivity index (χ0v) is 9.10. The van der Waals surface area contributed by atoms with Gasteiger partial charge in [0.2, 0.25) is 0 Å². The molecule has 0 saturated carbocycles. The highest BCUT2D eigenvalue weighted by Gasteiger charge is 2.32. The molecule has 4 heteroatoms. The van der Waals surface area contributed by atoms with Crippen LogP contribution in [0.4, 0.5) is 0 Å². The fourth-order valence-corrected chi connectivity index (χ4v) is 13.2. The van der Waals surface area contributed by atoms with Gasteiger partial charge in [-0.15, -0.1) is 0 Å². The molecule has 9 heavy (non-hydrogen) atoms. The maximum absolute atomic E-state index is 6.25. The third-order valence-electron chi connectivity index (χ3n) is 1.71. The largest absolute Gasteiger partial charge is 0.169 e. The van der Waals surface area contributed by atoms with Crippen molar-refractivity contribution in [3.05, 3.63) is 0 Å². The Morgan fingerprint density at radius 3 is 2.56 bits per heavy atom. The van der Waals surface area contributed by atoms with Crippen molar-refractivity contribution in [1.82, 2.24) is 0 Å². The minimum atomic E-state index is -1.27. The molecule has 1 rings (SSSR count). The van der Waals surface area contributed by atoms with Gasteiger partial charge in [0.05, 0.1) is 0 Å². The van der Waals surface area contributed by atoms with Crippen LogP contribution < -0.4 is 0 Å². The van der Waals surface area contributed by atoms with Crippen molar-refractivity contribution < 1.29 is 0 Å². The highest BCUT2D eigenvalue weighted by Crippen LogP contribution is 2.32. The van der Waals surface area contributed by atoms with Crippen molar-refractivity contribution in [2.45, 2.75) is 30.7 Å². The molecule has 1 fully saturated rings. The summed E-state index contributed by atoms with van der Waals surface area (Å²) >= 11 is 12.3. The van der Waals surface area contributed by atoms with E-state index >= 15 is 0 Å². The van der Waals surface area contributed by atoms with Gasteiger partial charge in [0.15, 0.2) is 15.5 Å². The Morgan fingerprint density at radius 1 is 1.56 bits per heavy atom. The highest BCUT2D eigenvalue weighted by atomic mass is 35.6. The molecule has 1 aliphatic rings. The number of rotatable bonds is 0. The molecule has 0 bridgehead atoms. The first-order valence-corrected chi connectivity index (χ1v) is 10.1. The van der Waals surface area contributed by atoms with Crippen molar-refractivity contribution in [2.75, 3.05) is 0 Å². The van der Waals surface area contributed by atoms with E-state index in [2.05, 4.69) is 6.55 Å². The van der Waals surface area contributed by atoms with Crippen molar-refractivity contribution in [3.63, 3.8) is 0 Å². The summed E-state index contributed by atoms with van der Waals surface area (Å²) in [6.45, 7) is 2.24. The minimum Gasteiger partial charge on any atom is -0.169 e. The Morgan fingerprint density at radius 2 is 2.22 bits per heavy atom. The van der Waals surface area contributed by atoms with Crippen LogP contribution in [0.25, 0.3) is 0 Å². The molecule has 1 atom stereocenters. The van der Waals surface area contributed by atoms with E-state index in [0.29, 0.717) is 0 Å². The molecule has 0 aromatic rings. The lowest BCUT2D eigenvalue weighted by atomic mass is 10.6. The fourth-order valence-electron chi connectivity index (χ4n) is 1.23. The average Bonchev–Trinajstić information content (AvgIpc) is 1.60. The molecular formula is C5H11Cl2Si2. The number of hydrogen-bond acceptors (Lipinski definition) is 0. The first-order chi connectivity index (χ1) is 4.10. The molecule has 0 aliphatic carbocycles. The van der Waals surface area contributed by atoms with Crippen LogP contribution >= 0.6 is 22.2 Å². The molecule has 0 amide bonds. The second-order valence-corrected chi connectivity index (χ2v) is 13.6. The van der Waals surface area contributed by atoms with Gasteiger partial charge in [-0.3, -0.25) is 0 Å². The lowest BCUT2D eigenvalue weighted by Crippen LogP contribution is -2.32. The monoisotopic (exact) mass is 197 g/mol. The maximum atomic E-state index is 6.25. The van der Waals surface area contributed by atoms with Gasteiger partial charge in [-0.2, -0.15) is 22.2 Å². The van der Waals surface area contributed by atoms with E-state index in [1.54, 1.807) is 0 Å². The van der Waals surface area contributed by atoms with E-state index in [9.17, 15) is 0 Å². The normalized spacial score (nSPS) is 39.0. The van der Waals surface area contributed by atoms with Crippen LogP contribution in [0.2, 0.25) is 24.3 Å². The molecule has 0 nitrogen and oxygen atoms in total. The SMILES string of the molecule is C[Si]1(Cl)CCC[Si](Cl)C1. The average molecular weight is 198 g/mol. The summed E-state index contributed by atoms with van der Waals surface area (Å²) in [5.41, 5.74) is 1.21. The second kappa shape index (κ2) is 2.95. The molecule has 0 N–H and O–H groups in total. The van der Waals surface area contributed by atoms with Crippen LogP contribution in [0.1, 0.15) is 6.42 Å². The fraction of sp³-hybridized carbons (Fsp3) is 1.00. The Hall–Kier alpha value is 1.01. The minimum absolute atomic E-state index is 0.498. The van der Waals surface area contributed by atoms with Gasteiger partial charge in [0.1, 0.15) is 0 Å². The third-order valence-corrected chi connectivity index (χ3v) is 12.0. The van der Waals surface area contributed by atoms with Crippen LogP contribution in [0.5, 0.6) is 0 Å². The Balaban J connectivity index is 2.41. The highest BCUT2D eigenvalue weighted by molar-refractivity contribution is 7.27. The summed E-state index contributed by atoms with van der Waals surface area (Å²) in [7, 11) is -1.77. The van der Waals surface area contributed by atoms with E-state index in [1.165, 1.54) is 24.2 Å². The van der Waals surface area contributed by atoms with Crippen molar-refractivity contribution >= 4 is 37.6 Å². The molecular weight excluding hydrogens is 187 g/mol. The van der Waals surface area contributed by atoms with E-state index in [-0.39, 0.29) is 0 Å². The van der Waals surface area contributed by atoms with Crippen LogP contribution in [-0.4, -0.2) is 15.5 Å². The van der Waals surface area contributed by atoms with E-state index in [1.807, 2.05) is 0 Å². The van der Waals surface area contributed by atoms with Crippen LogP contribution in [0, 0.1) is 0 Å². The van der Waals surface area contributed by atoms with Crippen LogP contribution in [0.3, 0.4) is 0 Å². The zero-order chi connectivity index (χ0) is 6.91. The molecule has 0 aromatic carbocycles. The quantitative estimate of drug-likeness (QED) is 0.414. The summed E-state index contributed by atoms with van der Waals surface area (Å²) in [5.74, 6) is 0. The van der Waals surface area contributed by atoms with Crippen molar-refractivity contribution in [1.29, 1.82) is 0 Å². The molecule has 0 aromatic heterocycles. The lowest BCUT2D eigenvalue weighted by molar-refractivity contribution is 1.02. The van der Waals surface area contributed by atoms with Gasteiger partial charge < -0.3 is 0 Å². The van der Waals surface area contributed by atoms with Crippen molar-refractivity contribution in [3.8, 4) is 0 Å². The van der Waals surface area contributed by atoms with Gasteiger partial charge in [-0.25, -0.2) is 0 Å². The summed E-state index contributed by atoms with van der Waals surface area (Å²) in [4.78, 5) is 0. The Bertz CT molecular complexity index is 105. The van der Waals surface area contributed by atoms with E-state index in [0.717, 1.165) is 0 Å². The van der Waals surface area contributed by atoms with Gasteiger partial charge in [0, 0.05) is 0 Å². The number of hydrogen-bond donors (Lipinski definition) is 0. The standard InChI is InChI=1S/C5H11Cl2Si2/c1-9(7)4-2-3-8(6)5-9/h2-5H2,1H3. The van der Waals surface area contributed by atoms with Gasteiger partial charge in [-0.05, 0) is 17.8 Å². The Kier molecular flexibility index (Phi) is 2.66. The van der Waals surface area contributed by atoms with E-state index in [4.69, 9.17) is 22.2 Å². The lowest BCUT2D eigenvalue weighted by Gasteiger charge is -2.26. The predicted molar refractivity (Wildman–Crippen MR) is 48.1 cm³/mol. The molecule has 1 aliphatic heterocycles. The van der Waals surface area contributed by atoms with Crippen LogP contribution in [0.15, 0.2) is 0 Å². The maximum Gasteiger partial charge on any atom is 0.163 e. The van der Waals surface area contributed by atoms with Crippen molar-refractivity contribution in [2.24, 2.45) is 0 Å². The van der Waals surface area contributed by atoms with E-state index < -0.39 is 15.5 Å². The topological polar surface area (TPSA) is 0 Å². The molecule has 1 unspecified atom stereocenters.